The third-order valence-electron chi connectivity index (χ3n) is 1.93. The van der Waals surface area contributed by atoms with Crippen molar-refractivity contribution in [2.45, 2.75) is 20.0 Å². The summed E-state index contributed by atoms with van der Waals surface area (Å²) in [5.74, 6) is -1.05. The maximum Gasteiger partial charge on any atom is 0.335 e. The molecule has 0 amide bonds. The second-order valence-corrected chi connectivity index (χ2v) is 3.60. The fourth-order valence-corrected chi connectivity index (χ4v) is 1.28. The highest BCUT2D eigenvalue weighted by Gasteiger charge is 2.16. The summed E-state index contributed by atoms with van der Waals surface area (Å²) in [7, 11) is 0. The van der Waals surface area contributed by atoms with Gasteiger partial charge >= 0.3 is 5.97 Å². The molecule has 0 radical (unpaired) electrons. The fourth-order valence-electron chi connectivity index (χ4n) is 1.28. The molecule has 0 bridgehead atoms. The van der Waals surface area contributed by atoms with Crippen LogP contribution in [-0.4, -0.2) is 17.2 Å². The number of rotatable bonds is 3. The van der Waals surface area contributed by atoms with Gasteiger partial charge in [-0.05, 0) is 26.0 Å². The van der Waals surface area contributed by atoms with Gasteiger partial charge in [0.05, 0.1) is 22.8 Å². The molecule has 0 unspecified atom stereocenters. The molecule has 0 fully saturated rings. The minimum atomic E-state index is -1.19. The van der Waals surface area contributed by atoms with Crippen LogP contribution < -0.4 is 4.74 Å². The van der Waals surface area contributed by atoms with Gasteiger partial charge in [-0.1, -0.05) is 0 Å². The Morgan fingerprint density at radius 1 is 1.29 bits per heavy atom. The molecule has 1 N–H and O–H groups in total. The van der Waals surface area contributed by atoms with Crippen LogP contribution in [0.25, 0.3) is 0 Å². The molecule has 1 aromatic carbocycles. The van der Waals surface area contributed by atoms with Crippen molar-refractivity contribution in [2.75, 3.05) is 0 Å². The first-order valence-electron chi connectivity index (χ1n) is 4.87. The van der Waals surface area contributed by atoms with Crippen LogP contribution in [-0.2, 0) is 0 Å². The quantitative estimate of drug-likeness (QED) is 0.855. The second-order valence-electron chi connectivity index (χ2n) is 3.60. The molecule has 0 atom stereocenters. The van der Waals surface area contributed by atoms with Crippen molar-refractivity contribution in [1.29, 1.82) is 10.5 Å². The number of carbonyl (C=O) groups is 1. The highest BCUT2D eigenvalue weighted by Crippen LogP contribution is 2.26. The van der Waals surface area contributed by atoms with Gasteiger partial charge in [0, 0.05) is 0 Å². The fraction of sp³-hybridized carbons (Fsp3) is 0.250. The largest absolute Gasteiger partial charge is 0.488 e. The molecule has 5 nitrogen and oxygen atoms in total. The Morgan fingerprint density at radius 2 is 1.76 bits per heavy atom. The molecule has 0 aromatic heterocycles. The van der Waals surface area contributed by atoms with Crippen molar-refractivity contribution >= 4 is 5.97 Å². The number of benzene rings is 1. The minimum absolute atomic E-state index is 0.0511. The van der Waals surface area contributed by atoms with Crippen molar-refractivity contribution in [2.24, 2.45) is 0 Å². The number of aromatic carboxylic acids is 1. The molecule has 0 aliphatic rings. The van der Waals surface area contributed by atoms with Crippen molar-refractivity contribution in [3.05, 3.63) is 28.8 Å². The SMILES string of the molecule is CC(C)Oc1c(C#N)cc(C(=O)O)cc1C#N. The Morgan fingerprint density at radius 3 is 2.06 bits per heavy atom. The first-order chi connectivity index (χ1) is 7.99. The molecular weight excluding hydrogens is 220 g/mol. The Bertz CT molecular complexity index is 501. The maximum absolute atomic E-state index is 10.8. The van der Waals surface area contributed by atoms with E-state index in [0.717, 1.165) is 0 Å². The van der Waals surface area contributed by atoms with E-state index in [1.165, 1.54) is 12.1 Å². The number of hydrogen-bond donors (Lipinski definition) is 1. The van der Waals surface area contributed by atoms with E-state index in [9.17, 15) is 4.79 Å². The normalized spacial score (nSPS) is 9.47. The van der Waals surface area contributed by atoms with Gasteiger partial charge in [0.15, 0.2) is 5.75 Å². The van der Waals surface area contributed by atoms with Gasteiger partial charge in [-0.25, -0.2) is 4.79 Å². The van der Waals surface area contributed by atoms with Crippen LogP contribution >= 0.6 is 0 Å². The van der Waals surface area contributed by atoms with Crippen LogP contribution in [0.3, 0.4) is 0 Å². The molecule has 86 valence electrons. The number of nitrogens with zero attached hydrogens (tertiary/aromatic N) is 2. The number of ether oxygens (including phenoxy) is 1. The summed E-state index contributed by atoms with van der Waals surface area (Å²) in [6.07, 6.45) is -0.204. The predicted octanol–water partition coefficient (Wildman–Crippen LogP) is 1.92. The van der Waals surface area contributed by atoms with Crippen molar-refractivity contribution < 1.29 is 14.6 Å². The summed E-state index contributed by atoms with van der Waals surface area (Å²) in [4.78, 5) is 10.8. The van der Waals surface area contributed by atoms with Gasteiger partial charge < -0.3 is 9.84 Å². The van der Waals surface area contributed by atoms with E-state index in [1.807, 2.05) is 12.1 Å². The van der Waals surface area contributed by atoms with Gasteiger partial charge in [-0.2, -0.15) is 10.5 Å². The van der Waals surface area contributed by atoms with E-state index in [1.54, 1.807) is 13.8 Å². The average Bonchev–Trinajstić information content (AvgIpc) is 2.28. The smallest absolute Gasteiger partial charge is 0.335 e. The lowest BCUT2D eigenvalue weighted by Crippen LogP contribution is -2.09. The maximum atomic E-state index is 10.8. The Kier molecular flexibility index (Phi) is 3.69. The van der Waals surface area contributed by atoms with Crippen molar-refractivity contribution in [3.8, 4) is 17.9 Å². The van der Waals surface area contributed by atoms with Crippen LogP contribution in [0.4, 0.5) is 0 Å². The Hall–Kier alpha value is -2.53. The Labute approximate surface area is 98.5 Å². The molecule has 1 rings (SSSR count). The second kappa shape index (κ2) is 5.00. The summed E-state index contributed by atoms with van der Waals surface area (Å²) in [6, 6.07) is 6.05. The molecule has 0 aliphatic carbocycles. The summed E-state index contributed by atoms with van der Waals surface area (Å²) >= 11 is 0. The lowest BCUT2D eigenvalue weighted by Gasteiger charge is -2.13. The number of nitriles is 2. The van der Waals surface area contributed by atoms with Crippen LogP contribution in [0.15, 0.2) is 12.1 Å². The highest BCUT2D eigenvalue weighted by atomic mass is 16.5. The monoisotopic (exact) mass is 230 g/mol. The predicted molar refractivity (Wildman–Crippen MR) is 58.6 cm³/mol. The van der Waals surface area contributed by atoms with Crippen LogP contribution in [0.1, 0.15) is 35.3 Å². The summed E-state index contributed by atoms with van der Waals surface area (Å²) in [5, 5.41) is 26.7. The summed E-state index contributed by atoms with van der Waals surface area (Å²) in [6.45, 7) is 3.51. The van der Waals surface area contributed by atoms with Crippen LogP contribution in [0, 0.1) is 22.7 Å². The first-order valence-corrected chi connectivity index (χ1v) is 4.87. The van der Waals surface area contributed by atoms with Gasteiger partial charge in [0.1, 0.15) is 12.1 Å². The highest BCUT2D eigenvalue weighted by molar-refractivity contribution is 5.89. The molecule has 1 aromatic rings. The molecule has 0 saturated heterocycles. The average molecular weight is 230 g/mol. The molecule has 17 heavy (non-hydrogen) atoms. The van der Waals surface area contributed by atoms with Gasteiger partial charge in [-0.15, -0.1) is 0 Å². The molecule has 0 spiro atoms. The third kappa shape index (κ3) is 2.73. The van der Waals surface area contributed by atoms with E-state index < -0.39 is 5.97 Å². The van der Waals surface area contributed by atoms with Gasteiger partial charge in [-0.3, -0.25) is 0 Å². The number of carboxylic acid groups (broad SMARTS) is 1. The lowest BCUT2D eigenvalue weighted by molar-refractivity contribution is 0.0696. The van der Waals surface area contributed by atoms with Crippen LogP contribution in [0.2, 0.25) is 0 Å². The molecule has 0 saturated carbocycles. The zero-order valence-electron chi connectivity index (χ0n) is 9.39. The summed E-state index contributed by atoms with van der Waals surface area (Å²) in [5.41, 5.74) is -0.000457. The van der Waals surface area contributed by atoms with Gasteiger partial charge in [0.25, 0.3) is 0 Å². The first kappa shape index (κ1) is 12.5. The van der Waals surface area contributed by atoms with Gasteiger partial charge in [0.2, 0.25) is 0 Å². The number of hydrogen-bond acceptors (Lipinski definition) is 4. The zero-order chi connectivity index (χ0) is 13.0. The minimum Gasteiger partial charge on any atom is -0.488 e. The lowest BCUT2D eigenvalue weighted by atomic mass is 10.1. The Balaban J connectivity index is 3.44. The van der Waals surface area contributed by atoms with E-state index >= 15 is 0 Å². The van der Waals surface area contributed by atoms with Crippen LogP contribution in [0.5, 0.6) is 5.75 Å². The van der Waals surface area contributed by atoms with E-state index in [-0.39, 0.29) is 28.5 Å². The van der Waals surface area contributed by atoms with Crippen molar-refractivity contribution in [1.82, 2.24) is 0 Å². The summed E-state index contributed by atoms with van der Waals surface area (Å²) < 4.78 is 5.36. The molecule has 0 aliphatic heterocycles. The van der Waals surface area contributed by atoms with E-state index in [0.29, 0.717) is 0 Å². The van der Waals surface area contributed by atoms with E-state index in [4.69, 9.17) is 20.4 Å². The zero-order valence-corrected chi connectivity index (χ0v) is 9.39. The molecular formula is C12H10N2O3. The standard InChI is InChI=1S/C12H10N2O3/c1-7(2)17-11-9(5-13)3-8(12(15)16)4-10(11)6-14/h3-4,7H,1-2H3,(H,15,16). The molecule has 0 heterocycles. The number of carboxylic acids is 1. The van der Waals surface area contributed by atoms with E-state index in [2.05, 4.69) is 0 Å². The third-order valence-corrected chi connectivity index (χ3v) is 1.93. The van der Waals surface area contributed by atoms with Crippen molar-refractivity contribution in [3.63, 3.8) is 0 Å². The topological polar surface area (TPSA) is 94.1 Å². The molecule has 5 heteroatoms.